The van der Waals surface area contributed by atoms with Crippen LogP contribution in [0, 0.1) is 23.7 Å². The van der Waals surface area contributed by atoms with Crippen LogP contribution in [0.3, 0.4) is 0 Å². The van der Waals surface area contributed by atoms with Crippen LogP contribution >= 0.6 is 15.9 Å². The third-order valence-corrected chi connectivity index (χ3v) is 4.58. The first-order valence-electron chi connectivity index (χ1n) is 6.51. The molecule has 1 heterocycles. The van der Waals surface area contributed by atoms with Gasteiger partial charge in [-0.15, -0.1) is 0 Å². The number of halogens is 1. The Morgan fingerprint density at radius 2 is 2.10 bits per heavy atom. The van der Waals surface area contributed by atoms with Gasteiger partial charge in [0, 0.05) is 22.9 Å². The Labute approximate surface area is 125 Å². The Bertz CT molecular complexity index is 671. The summed E-state index contributed by atoms with van der Waals surface area (Å²) in [6, 6.07) is 5.79. The lowest BCUT2D eigenvalue weighted by atomic mass is 10.0. The molecule has 0 radical (unpaired) electrons. The van der Waals surface area contributed by atoms with Gasteiger partial charge >= 0.3 is 0 Å². The van der Waals surface area contributed by atoms with E-state index in [-0.39, 0.29) is 5.41 Å². The van der Waals surface area contributed by atoms with E-state index in [0.29, 0.717) is 24.2 Å². The van der Waals surface area contributed by atoms with Crippen molar-refractivity contribution in [1.82, 2.24) is 0 Å². The summed E-state index contributed by atoms with van der Waals surface area (Å²) in [6.07, 6.45) is 2.34. The molecule has 5 heteroatoms. The molecule has 0 bridgehead atoms. The van der Waals surface area contributed by atoms with Crippen molar-refractivity contribution in [3.63, 3.8) is 0 Å². The normalized spacial score (nSPS) is 18.9. The van der Waals surface area contributed by atoms with Gasteiger partial charge in [-0.3, -0.25) is 9.59 Å². The van der Waals surface area contributed by atoms with Crippen LogP contribution in [0.2, 0.25) is 0 Å². The average molecular weight is 333 g/mol. The molecule has 0 aromatic heterocycles. The number of Topliss-reactive ketones (excluding diaryl/α,β-unsaturated/α-hetero) is 1. The summed E-state index contributed by atoms with van der Waals surface area (Å²) >= 11 is 3.36. The Kier molecular flexibility index (Phi) is 2.94. The maximum absolute atomic E-state index is 12.2. The number of carbonyl (C=O) groups is 2. The fraction of sp³-hybridized carbons (Fsp3) is 0.400. The number of fused-ring (bicyclic) bond motifs is 1. The van der Waals surface area contributed by atoms with Gasteiger partial charge in [-0.2, -0.15) is 5.26 Å². The lowest BCUT2D eigenvalue weighted by Crippen LogP contribution is -2.35. The predicted molar refractivity (Wildman–Crippen MR) is 77.5 cm³/mol. The lowest BCUT2D eigenvalue weighted by molar-refractivity contribution is -0.114. The zero-order valence-corrected chi connectivity index (χ0v) is 12.7. The van der Waals surface area contributed by atoms with Crippen molar-refractivity contribution in [2.24, 2.45) is 5.41 Å². The maximum Gasteiger partial charge on any atom is 0.299 e. The van der Waals surface area contributed by atoms with Crippen LogP contribution in [0.5, 0.6) is 0 Å². The number of anilines is 1. The Morgan fingerprint density at radius 1 is 1.40 bits per heavy atom. The number of aryl methyl sites for hydroxylation is 1. The van der Waals surface area contributed by atoms with Gasteiger partial charge in [0.25, 0.3) is 11.7 Å². The summed E-state index contributed by atoms with van der Waals surface area (Å²) in [7, 11) is 0. The van der Waals surface area contributed by atoms with Crippen LogP contribution in [0.25, 0.3) is 0 Å². The summed E-state index contributed by atoms with van der Waals surface area (Å²) < 4.78 is 0.801. The quantitative estimate of drug-likeness (QED) is 0.799. The Balaban J connectivity index is 2.01. The van der Waals surface area contributed by atoms with Crippen molar-refractivity contribution in [3.8, 4) is 6.07 Å². The van der Waals surface area contributed by atoms with E-state index in [1.54, 1.807) is 11.0 Å². The minimum Gasteiger partial charge on any atom is -0.304 e. The number of carbonyl (C=O) groups excluding carboxylic acids is 2. The van der Waals surface area contributed by atoms with Crippen LogP contribution in [0.4, 0.5) is 5.69 Å². The SMILES string of the molecule is Cc1cc(Br)cc2c1N(CC1(CC#N)CC1)C(=O)C2=O. The largest absolute Gasteiger partial charge is 0.304 e. The van der Waals surface area contributed by atoms with E-state index in [2.05, 4.69) is 22.0 Å². The van der Waals surface area contributed by atoms with Crippen molar-refractivity contribution in [2.75, 3.05) is 11.4 Å². The van der Waals surface area contributed by atoms with E-state index < -0.39 is 11.7 Å². The van der Waals surface area contributed by atoms with E-state index >= 15 is 0 Å². The minimum atomic E-state index is -0.467. The van der Waals surface area contributed by atoms with Crippen molar-refractivity contribution < 1.29 is 9.59 Å². The highest BCUT2D eigenvalue weighted by Crippen LogP contribution is 2.51. The third-order valence-electron chi connectivity index (χ3n) is 4.12. The summed E-state index contributed by atoms with van der Waals surface area (Å²) in [5.74, 6) is -0.914. The van der Waals surface area contributed by atoms with Crippen molar-refractivity contribution in [2.45, 2.75) is 26.2 Å². The molecule has 0 unspecified atom stereocenters. The highest BCUT2D eigenvalue weighted by atomic mass is 79.9. The highest BCUT2D eigenvalue weighted by Gasteiger charge is 2.48. The van der Waals surface area contributed by atoms with E-state index in [4.69, 9.17) is 5.26 Å². The zero-order valence-electron chi connectivity index (χ0n) is 11.1. The third kappa shape index (κ3) is 1.95. The number of hydrogen-bond acceptors (Lipinski definition) is 3. The Hall–Kier alpha value is -1.67. The molecule has 1 fully saturated rings. The molecule has 1 aromatic rings. The molecule has 0 N–H and O–H groups in total. The van der Waals surface area contributed by atoms with Crippen LogP contribution in [-0.4, -0.2) is 18.2 Å². The summed E-state index contributed by atoms with van der Waals surface area (Å²) in [4.78, 5) is 25.9. The molecule has 3 rings (SSSR count). The summed E-state index contributed by atoms with van der Waals surface area (Å²) in [6.45, 7) is 2.37. The fourth-order valence-electron chi connectivity index (χ4n) is 2.83. The summed E-state index contributed by atoms with van der Waals surface area (Å²) in [5.41, 5.74) is 1.98. The van der Waals surface area contributed by atoms with E-state index in [9.17, 15) is 9.59 Å². The molecule has 20 heavy (non-hydrogen) atoms. The number of rotatable bonds is 3. The number of nitrogens with zero attached hydrogens (tertiary/aromatic N) is 2. The van der Waals surface area contributed by atoms with E-state index in [1.165, 1.54) is 0 Å². The summed E-state index contributed by atoms with van der Waals surface area (Å²) in [5, 5.41) is 8.89. The second-order valence-corrected chi connectivity index (χ2v) is 6.59. The van der Waals surface area contributed by atoms with Crippen LogP contribution in [0.15, 0.2) is 16.6 Å². The first kappa shape index (κ1) is 13.3. The van der Waals surface area contributed by atoms with Crippen molar-refractivity contribution >= 4 is 33.3 Å². The number of ketones is 1. The van der Waals surface area contributed by atoms with Gasteiger partial charge in [0.05, 0.1) is 17.3 Å². The highest BCUT2D eigenvalue weighted by molar-refractivity contribution is 9.10. The fourth-order valence-corrected chi connectivity index (χ4v) is 3.40. The van der Waals surface area contributed by atoms with Crippen molar-refractivity contribution in [3.05, 3.63) is 27.7 Å². The van der Waals surface area contributed by atoms with Gasteiger partial charge < -0.3 is 4.90 Å². The van der Waals surface area contributed by atoms with Gasteiger partial charge in [-0.1, -0.05) is 15.9 Å². The van der Waals surface area contributed by atoms with E-state index in [0.717, 1.165) is 22.9 Å². The molecule has 0 saturated heterocycles. The lowest BCUT2D eigenvalue weighted by Gasteiger charge is -2.23. The monoisotopic (exact) mass is 332 g/mol. The maximum atomic E-state index is 12.2. The smallest absolute Gasteiger partial charge is 0.299 e. The molecule has 1 saturated carbocycles. The molecule has 4 nitrogen and oxygen atoms in total. The molecule has 2 aliphatic rings. The number of nitriles is 1. The Morgan fingerprint density at radius 3 is 2.70 bits per heavy atom. The topological polar surface area (TPSA) is 61.2 Å². The van der Waals surface area contributed by atoms with Gasteiger partial charge in [-0.05, 0) is 37.5 Å². The van der Waals surface area contributed by atoms with Crippen molar-refractivity contribution in [1.29, 1.82) is 5.26 Å². The first-order chi connectivity index (χ1) is 9.47. The van der Waals surface area contributed by atoms with Crippen LogP contribution in [-0.2, 0) is 4.79 Å². The van der Waals surface area contributed by atoms with Gasteiger partial charge in [0.2, 0.25) is 0 Å². The number of hydrogen-bond donors (Lipinski definition) is 0. The van der Waals surface area contributed by atoms with Gasteiger partial charge in [-0.25, -0.2) is 0 Å². The standard InChI is InChI=1S/C15H13BrN2O2/c1-9-6-10(16)7-11-12(9)18(14(20)13(11)19)8-15(2-3-15)4-5-17/h6-7H,2-4,8H2,1H3. The molecule has 1 amide bonds. The van der Waals surface area contributed by atoms with Crippen LogP contribution < -0.4 is 4.90 Å². The zero-order chi connectivity index (χ0) is 14.5. The average Bonchev–Trinajstić information content (AvgIpc) is 3.10. The molecular weight excluding hydrogens is 320 g/mol. The molecule has 1 aliphatic carbocycles. The minimum absolute atomic E-state index is 0.105. The van der Waals surface area contributed by atoms with Gasteiger partial charge in [0.1, 0.15) is 0 Å². The number of amides is 1. The first-order valence-corrected chi connectivity index (χ1v) is 7.30. The molecule has 1 aliphatic heterocycles. The number of benzene rings is 1. The molecular formula is C15H13BrN2O2. The molecule has 0 atom stereocenters. The van der Waals surface area contributed by atoms with E-state index in [1.807, 2.05) is 13.0 Å². The molecule has 0 spiro atoms. The second kappa shape index (κ2) is 4.42. The molecule has 1 aromatic carbocycles. The second-order valence-electron chi connectivity index (χ2n) is 5.67. The van der Waals surface area contributed by atoms with Crippen LogP contribution in [0.1, 0.15) is 35.2 Å². The predicted octanol–water partition coefficient (Wildman–Crippen LogP) is 2.98. The van der Waals surface area contributed by atoms with Gasteiger partial charge in [0.15, 0.2) is 0 Å². The molecule has 102 valence electrons.